The predicted molar refractivity (Wildman–Crippen MR) is 125 cm³/mol. The third kappa shape index (κ3) is 6.51. The van der Waals surface area contributed by atoms with Crippen LogP contribution in [0.25, 0.3) is 22.6 Å². The molecule has 1 aromatic heterocycles. The molecule has 0 saturated heterocycles. The number of hydrogen-bond donors (Lipinski definition) is 3. The van der Waals surface area contributed by atoms with Crippen molar-refractivity contribution in [3.8, 4) is 23.0 Å². The Kier molecular flexibility index (Phi) is 6.65. The van der Waals surface area contributed by atoms with Gasteiger partial charge in [-0.25, -0.2) is 9.55 Å². The van der Waals surface area contributed by atoms with Crippen molar-refractivity contribution in [2.24, 2.45) is 5.73 Å². The minimum absolute atomic E-state index is 0.238. The lowest BCUT2D eigenvalue weighted by Crippen LogP contribution is -2.41. The number of hydrogen-bond acceptors (Lipinski definition) is 6. The predicted octanol–water partition coefficient (Wildman–Crippen LogP) is 5.05. The van der Waals surface area contributed by atoms with Gasteiger partial charge in [0.05, 0.1) is 6.61 Å². The average Bonchev–Trinajstić information content (AvgIpc) is 3.21. The quantitative estimate of drug-likeness (QED) is 0.291. The average molecular weight is 468 g/mol. The molecule has 3 aromatic carbocycles. The summed E-state index contributed by atoms with van der Waals surface area (Å²) in [5.74, 6) is 1.99. The zero-order valence-corrected chi connectivity index (χ0v) is 18.9. The molecule has 0 aliphatic carbocycles. The Morgan fingerprint density at radius 3 is 2.42 bits per heavy atom. The SMILES string of the molecule is C[C@@](N)(CCc1ccc2oc(-c3ccc(Oc4ccccc4)cc3)nc2c1)COP(=O)(O)O. The second kappa shape index (κ2) is 9.47. The standard InChI is InChI=1S/C24H25N2O6P/c1-24(25,16-30-33(27,28)29)14-13-17-7-12-22-21(15-17)26-23(32-22)18-8-10-20(11-9-18)31-19-5-3-2-4-6-19/h2-12,15H,13-14,16,25H2,1H3,(H2,27,28,29)/t24-/m1/s1. The van der Waals surface area contributed by atoms with Gasteiger partial charge in [-0.1, -0.05) is 24.3 Å². The maximum atomic E-state index is 10.9. The molecule has 4 aromatic rings. The number of aryl methyl sites for hydroxylation is 1. The Morgan fingerprint density at radius 1 is 1.03 bits per heavy atom. The van der Waals surface area contributed by atoms with Crippen LogP contribution in [-0.2, 0) is 15.5 Å². The van der Waals surface area contributed by atoms with Gasteiger partial charge >= 0.3 is 7.82 Å². The molecule has 4 rings (SSSR count). The molecular weight excluding hydrogens is 443 g/mol. The monoisotopic (exact) mass is 468 g/mol. The highest BCUT2D eigenvalue weighted by molar-refractivity contribution is 7.46. The number of fused-ring (bicyclic) bond motifs is 1. The van der Waals surface area contributed by atoms with Gasteiger partial charge in [-0.15, -0.1) is 0 Å². The van der Waals surface area contributed by atoms with Crippen molar-refractivity contribution in [3.63, 3.8) is 0 Å². The van der Waals surface area contributed by atoms with Gasteiger partial charge in [0.1, 0.15) is 17.0 Å². The van der Waals surface area contributed by atoms with Crippen LogP contribution in [0.15, 0.2) is 77.2 Å². The highest BCUT2D eigenvalue weighted by Gasteiger charge is 2.24. The Balaban J connectivity index is 1.43. The first-order chi connectivity index (χ1) is 15.7. The number of nitrogens with two attached hydrogens (primary N) is 1. The molecule has 9 heteroatoms. The molecule has 0 spiro atoms. The van der Waals surface area contributed by atoms with Crippen LogP contribution in [0.2, 0.25) is 0 Å². The first kappa shape index (κ1) is 23.2. The van der Waals surface area contributed by atoms with E-state index in [9.17, 15) is 4.57 Å². The number of para-hydroxylation sites is 1. The molecule has 0 unspecified atom stereocenters. The van der Waals surface area contributed by atoms with E-state index in [1.807, 2.05) is 72.8 Å². The zero-order valence-electron chi connectivity index (χ0n) is 18.0. The Labute approximate surface area is 191 Å². The summed E-state index contributed by atoms with van der Waals surface area (Å²) in [4.78, 5) is 22.3. The number of nitrogens with zero attached hydrogens (tertiary/aromatic N) is 1. The molecule has 8 nitrogen and oxygen atoms in total. The topological polar surface area (TPSA) is 128 Å². The summed E-state index contributed by atoms with van der Waals surface area (Å²) in [5.41, 5.74) is 8.44. The highest BCUT2D eigenvalue weighted by atomic mass is 31.2. The number of phosphoric ester groups is 1. The van der Waals surface area contributed by atoms with Crippen molar-refractivity contribution in [3.05, 3.63) is 78.4 Å². The molecule has 0 aliphatic rings. The minimum atomic E-state index is -4.55. The molecule has 0 saturated carbocycles. The second-order valence-electron chi connectivity index (χ2n) is 8.18. The fourth-order valence-electron chi connectivity index (χ4n) is 3.28. The molecule has 172 valence electrons. The van der Waals surface area contributed by atoms with Gasteiger partial charge in [-0.05, 0) is 73.9 Å². The summed E-state index contributed by atoms with van der Waals surface area (Å²) in [6.07, 6.45) is 1.08. The van der Waals surface area contributed by atoms with Gasteiger partial charge in [0.25, 0.3) is 0 Å². The fourth-order valence-corrected chi connectivity index (χ4v) is 3.74. The van der Waals surface area contributed by atoms with Gasteiger partial charge in [-0.3, -0.25) is 4.52 Å². The normalized spacial score (nSPS) is 13.7. The van der Waals surface area contributed by atoms with Crippen LogP contribution in [0.4, 0.5) is 0 Å². The largest absolute Gasteiger partial charge is 0.469 e. The Bertz CT molecular complexity index is 1270. The molecule has 0 bridgehead atoms. The molecule has 0 amide bonds. The van der Waals surface area contributed by atoms with E-state index in [4.69, 9.17) is 24.7 Å². The molecule has 4 N–H and O–H groups in total. The van der Waals surface area contributed by atoms with Crippen LogP contribution in [-0.4, -0.2) is 26.9 Å². The minimum Gasteiger partial charge on any atom is -0.457 e. The Morgan fingerprint density at radius 2 is 1.73 bits per heavy atom. The van der Waals surface area contributed by atoms with E-state index in [0.29, 0.717) is 24.3 Å². The summed E-state index contributed by atoms with van der Waals surface area (Å²) in [7, 11) is -4.55. The highest BCUT2D eigenvalue weighted by Crippen LogP contribution is 2.37. The van der Waals surface area contributed by atoms with Crippen molar-refractivity contribution in [1.82, 2.24) is 4.98 Å². The van der Waals surface area contributed by atoms with Crippen molar-refractivity contribution < 1.29 is 28.0 Å². The summed E-state index contributed by atoms with van der Waals surface area (Å²) >= 11 is 0. The van der Waals surface area contributed by atoms with Gasteiger partial charge in [-0.2, -0.15) is 0 Å². The maximum absolute atomic E-state index is 10.9. The zero-order chi connectivity index (χ0) is 23.5. The van der Waals surface area contributed by atoms with Crippen LogP contribution < -0.4 is 10.5 Å². The van der Waals surface area contributed by atoms with E-state index in [-0.39, 0.29) is 6.61 Å². The fraction of sp³-hybridized carbons (Fsp3) is 0.208. The van der Waals surface area contributed by atoms with E-state index >= 15 is 0 Å². The second-order valence-corrected chi connectivity index (χ2v) is 9.42. The van der Waals surface area contributed by atoms with Crippen molar-refractivity contribution >= 4 is 18.9 Å². The van der Waals surface area contributed by atoms with Crippen LogP contribution in [0.1, 0.15) is 18.9 Å². The molecule has 0 aliphatic heterocycles. The summed E-state index contributed by atoms with van der Waals surface area (Å²) in [6, 6.07) is 22.8. The third-order valence-electron chi connectivity index (χ3n) is 5.08. The van der Waals surface area contributed by atoms with Crippen LogP contribution in [0.5, 0.6) is 11.5 Å². The number of rotatable bonds is 9. The third-order valence-corrected chi connectivity index (χ3v) is 5.54. The lowest BCUT2D eigenvalue weighted by Gasteiger charge is -2.24. The summed E-state index contributed by atoms with van der Waals surface area (Å²) in [6.45, 7) is 1.46. The van der Waals surface area contributed by atoms with Gasteiger partial charge in [0, 0.05) is 11.1 Å². The number of phosphoric acid groups is 1. The lowest BCUT2D eigenvalue weighted by atomic mass is 9.95. The first-order valence-electron chi connectivity index (χ1n) is 10.4. The molecule has 0 fully saturated rings. The lowest BCUT2D eigenvalue weighted by molar-refractivity contribution is 0.154. The number of oxazole rings is 1. The van der Waals surface area contributed by atoms with Crippen molar-refractivity contribution in [2.45, 2.75) is 25.3 Å². The molecule has 0 radical (unpaired) electrons. The van der Waals surface area contributed by atoms with Crippen LogP contribution in [0, 0.1) is 0 Å². The maximum Gasteiger partial charge on any atom is 0.469 e. The summed E-state index contributed by atoms with van der Waals surface area (Å²) < 4.78 is 27.2. The van der Waals surface area contributed by atoms with Crippen molar-refractivity contribution in [2.75, 3.05) is 6.61 Å². The summed E-state index contributed by atoms with van der Waals surface area (Å²) in [5, 5.41) is 0. The Hall–Kier alpha value is -3.00. The van der Waals surface area contributed by atoms with Gasteiger partial charge < -0.3 is 24.7 Å². The smallest absolute Gasteiger partial charge is 0.457 e. The van der Waals surface area contributed by atoms with Crippen LogP contribution >= 0.6 is 7.82 Å². The van der Waals surface area contributed by atoms with E-state index in [1.165, 1.54) is 0 Å². The molecular formula is C24H25N2O6P. The molecule has 1 atom stereocenters. The van der Waals surface area contributed by atoms with Gasteiger partial charge in [0.2, 0.25) is 5.89 Å². The van der Waals surface area contributed by atoms with E-state index < -0.39 is 13.4 Å². The van der Waals surface area contributed by atoms with Gasteiger partial charge in [0.15, 0.2) is 5.58 Å². The number of benzene rings is 3. The van der Waals surface area contributed by atoms with E-state index in [2.05, 4.69) is 9.51 Å². The van der Waals surface area contributed by atoms with E-state index in [1.54, 1.807) is 6.92 Å². The van der Waals surface area contributed by atoms with Crippen molar-refractivity contribution in [1.29, 1.82) is 0 Å². The van der Waals surface area contributed by atoms with E-state index in [0.717, 1.165) is 28.1 Å². The molecule has 1 heterocycles. The number of aromatic nitrogens is 1. The number of ether oxygens (including phenoxy) is 1. The first-order valence-corrected chi connectivity index (χ1v) is 11.9. The van der Waals surface area contributed by atoms with Crippen LogP contribution in [0.3, 0.4) is 0 Å². The molecule has 33 heavy (non-hydrogen) atoms.